The first-order chi connectivity index (χ1) is 17.1. The van der Waals surface area contributed by atoms with Gasteiger partial charge in [-0.05, 0) is 109 Å². The molecule has 39 heavy (non-hydrogen) atoms. The van der Waals surface area contributed by atoms with E-state index in [9.17, 15) is 0 Å². The summed E-state index contributed by atoms with van der Waals surface area (Å²) in [5.74, 6) is 0. The topological polar surface area (TPSA) is 83.1 Å². The lowest BCUT2D eigenvalue weighted by Crippen LogP contribution is -2.66. The zero-order valence-electron chi connectivity index (χ0n) is 28.5. The maximum absolute atomic E-state index is 7.06. The Balaban J connectivity index is 6.43. The van der Waals surface area contributed by atoms with Gasteiger partial charge in [0.05, 0.1) is 47.3 Å². The monoisotopic (exact) mass is 630 g/mol. The predicted molar refractivity (Wildman–Crippen MR) is 167 cm³/mol. The first kappa shape index (κ1) is 39.5. The van der Waals surface area contributed by atoms with Crippen LogP contribution in [0.3, 0.4) is 0 Å². The van der Waals surface area contributed by atoms with Crippen molar-refractivity contribution >= 4 is 34.2 Å². The highest BCUT2D eigenvalue weighted by Gasteiger charge is 2.53. The lowest BCUT2D eigenvalue weighted by atomic mass is 10.2. The van der Waals surface area contributed by atoms with E-state index >= 15 is 0 Å². The Labute approximate surface area is 244 Å². The van der Waals surface area contributed by atoms with Crippen molar-refractivity contribution in [3.63, 3.8) is 0 Å². The molecule has 4 atom stereocenters. The molecule has 0 aliphatic carbocycles. The quantitative estimate of drug-likeness (QED) is 0.190. The van der Waals surface area contributed by atoms with Crippen molar-refractivity contribution in [2.75, 3.05) is 39.1 Å². The van der Waals surface area contributed by atoms with Crippen molar-refractivity contribution in [3.8, 4) is 0 Å². The molecule has 0 aromatic rings. The molecule has 0 aromatic heterocycles. The molecule has 9 nitrogen and oxygen atoms in total. The summed E-state index contributed by atoms with van der Waals surface area (Å²) in [6, 6.07) is 0. The summed E-state index contributed by atoms with van der Waals surface area (Å²) in [6.07, 6.45) is 1.30. The molecule has 0 fully saturated rings. The van der Waals surface area contributed by atoms with Crippen LogP contribution in [-0.4, -0.2) is 95.8 Å². The van der Waals surface area contributed by atoms with Crippen LogP contribution in [0.1, 0.15) is 83.1 Å². The van der Waals surface area contributed by atoms with E-state index in [0.717, 1.165) is 0 Å². The van der Waals surface area contributed by atoms with E-state index in [2.05, 4.69) is 0 Å². The Morgan fingerprint density at radius 3 is 0.718 bits per heavy atom. The Morgan fingerprint density at radius 1 is 0.359 bits per heavy atom. The van der Waals surface area contributed by atoms with Gasteiger partial charge in [0.1, 0.15) is 0 Å². The lowest BCUT2D eigenvalue weighted by Gasteiger charge is -2.45. The third-order valence-electron chi connectivity index (χ3n) is 5.23. The Morgan fingerprint density at radius 2 is 0.538 bits per heavy atom. The minimum atomic E-state index is -3.10. The van der Waals surface area contributed by atoms with Gasteiger partial charge in [-0.2, -0.15) is 0 Å². The molecule has 0 radical (unpaired) electrons. The second-order valence-electron chi connectivity index (χ2n) is 14.9. The highest BCUT2D eigenvalue weighted by Crippen LogP contribution is 2.29. The van der Waals surface area contributed by atoms with Gasteiger partial charge < -0.3 is 40.1 Å². The molecule has 4 unspecified atom stereocenters. The van der Waals surface area contributed by atoms with Gasteiger partial charge in [-0.25, -0.2) is 0 Å². The van der Waals surface area contributed by atoms with Crippen molar-refractivity contribution < 1.29 is 40.1 Å². The Kier molecular flexibility index (Phi) is 14.5. The summed E-state index contributed by atoms with van der Waals surface area (Å²) in [6.45, 7) is 32.3. The van der Waals surface area contributed by atoms with Gasteiger partial charge in [0.15, 0.2) is 0 Å². The molecule has 0 N–H and O–H groups in total. The van der Waals surface area contributed by atoms with Crippen LogP contribution in [-0.2, 0) is 40.1 Å². The van der Waals surface area contributed by atoms with E-state index in [1.165, 1.54) is 0 Å². The minimum absolute atomic E-state index is 0.295. The summed E-state index contributed by atoms with van der Waals surface area (Å²) in [5, 5.41) is 0. The molecule has 0 saturated carbocycles. The zero-order valence-corrected chi connectivity index (χ0v) is 32.5. The fourth-order valence-electron chi connectivity index (χ4n) is 3.18. The SMILES string of the molecule is CO[Si](C)(COC(C)(C)C)O[Si](C)(COC(C)(C)C)O[Si](C)(COC(C)(C)C)O[Si](C)(COC(C)(C)C)OC. The maximum atomic E-state index is 7.06. The van der Waals surface area contributed by atoms with E-state index in [4.69, 9.17) is 40.1 Å². The van der Waals surface area contributed by atoms with Crippen molar-refractivity contribution in [3.05, 3.63) is 0 Å². The van der Waals surface area contributed by atoms with Gasteiger partial charge >= 0.3 is 34.2 Å². The van der Waals surface area contributed by atoms with Gasteiger partial charge in [-0.3, -0.25) is 0 Å². The van der Waals surface area contributed by atoms with Crippen molar-refractivity contribution in [1.82, 2.24) is 0 Å². The molecule has 0 saturated heterocycles. The van der Waals surface area contributed by atoms with Gasteiger partial charge in [0, 0.05) is 14.2 Å². The van der Waals surface area contributed by atoms with Gasteiger partial charge in [-0.1, -0.05) is 0 Å². The smallest absolute Gasteiger partial charge is 0.352 e. The lowest BCUT2D eigenvalue weighted by molar-refractivity contribution is -0.00693. The van der Waals surface area contributed by atoms with E-state index in [1.54, 1.807) is 14.2 Å². The van der Waals surface area contributed by atoms with Gasteiger partial charge in [-0.15, -0.1) is 0 Å². The van der Waals surface area contributed by atoms with E-state index in [1.807, 2.05) is 109 Å². The summed E-state index contributed by atoms with van der Waals surface area (Å²) < 4.78 is 57.6. The van der Waals surface area contributed by atoms with Crippen LogP contribution < -0.4 is 0 Å². The molecule has 0 rings (SSSR count). The standard InChI is InChI=1S/C26H62O9Si4/c1-23(2,3)29-19-36(15,27-13)33-38(17,21-31-25(7,8)9)35-39(18,22-32-26(10,11)12)34-37(16,28-14)20-30-24(4,5)6/h19-22H2,1-18H3. The molecule has 0 heterocycles. The largest absolute Gasteiger partial charge is 0.413 e. The van der Waals surface area contributed by atoms with Crippen LogP contribution in [0.4, 0.5) is 0 Å². The van der Waals surface area contributed by atoms with Crippen molar-refractivity contribution in [1.29, 1.82) is 0 Å². The summed E-state index contributed by atoms with van der Waals surface area (Å²) in [5.41, 5.74) is -1.43. The normalized spacial score (nSPS) is 20.2. The highest BCUT2D eigenvalue weighted by atomic mass is 28.5. The first-order valence-electron chi connectivity index (χ1n) is 13.8. The predicted octanol–water partition coefficient (Wildman–Crippen LogP) is 6.03. The molecule has 0 aliphatic heterocycles. The van der Waals surface area contributed by atoms with Crippen LogP contribution in [0.25, 0.3) is 0 Å². The van der Waals surface area contributed by atoms with Crippen LogP contribution in [0, 0.1) is 0 Å². The van der Waals surface area contributed by atoms with Crippen LogP contribution in [0.5, 0.6) is 0 Å². The number of hydrogen-bond acceptors (Lipinski definition) is 9. The second kappa shape index (κ2) is 14.3. The van der Waals surface area contributed by atoms with E-state index < -0.39 is 34.2 Å². The summed E-state index contributed by atoms with van der Waals surface area (Å²) in [4.78, 5) is 0. The summed E-state index contributed by atoms with van der Waals surface area (Å²) in [7, 11) is -8.48. The van der Waals surface area contributed by atoms with Crippen LogP contribution >= 0.6 is 0 Å². The summed E-state index contributed by atoms with van der Waals surface area (Å²) >= 11 is 0. The molecule has 0 spiro atoms. The molecule has 0 bridgehead atoms. The molecular formula is C26H62O9Si4. The Bertz CT molecular complexity index is 673. The van der Waals surface area contributed by atoms with Crippen LogP contribution in [0.2, 0.25) is 26.2 Å². The van der Waals surface area contributed by atoms with Crippen molar-refractivity contribution in [2.45, 2.75) is 132 Å². The average molecular weight is 631 g/mol. The van der Waals surface area contributed by atoms with Gasteiger partial charge in [0.25, 0.3) is 0 Å². The number of hydrogen-bond donors (Lipinski definition) is 0. The number of ether oxygens (including phenoxy) is 4. The third-order valence-corrected chi connectivity index (χ3v) is 20.0. The molecule has 0 aromatic carbocycles. The minimum Gasteiger partial charge on any atom is -0.413 e. The molecule has 0 amide bonds. The molecular weight excluding hydrogens is 569 g/mol. The zero-order chi connectivity index (χ0) is 31.2. The second-order valence-corrected chi connectivity index (χ2v) is 28.3. The van der Waals surface area contributed by atoms with E-state index in [-0.39, 0.29) is 22.4 Å². The fourth-order valence-corrected chi connectivity index (χ4v) is 20.3. The maximum Gasteiger partial charge on any atom is 0.352 e. The molecule has 236 valence electrons. The highest BCUT2D eigenvalue weighted by molar-refractivity contribution is 6.88. The Hall–Kier alpha value is 0.508. The van der Waals surface area contributed by atoms with Gasteiger partial charge in [0.2, 0.25) is 0 Å². The first-order valence-corrected chi connectivity index (χ1v) is 23.9. The average Bonchev–Trinajstić information content (AvgIpc) is 2.72. The van der Waals surface area contributed by atoms with E-state index in [0.29, 0.717) is 24.9 Å². The third kappa shape index (κ3) is 18.6. The molecule has 0 aliphatic rings. The van der Waals surface area contributed by atoms with Crippen molar-refractivity contribution in [2.24, 2.45) is 0 Å². The fraction of sp³-hybridized carbons (Fsp3) is 1.00. The molecule has 13 heteroatoms. The number of rotatable bonds is 16. The van der Waals surface area contributed by atoms with Crippen LogP contribution in [0.15, 0.2) is 0 Å².